The van der Waals surface area contributed by atoms with E-state index in [2.05, 4.69) is 10.6 Å². The third-order valence-electron chi connectivity index (χ3n) is 4.00. The Hall–Kier alpha value is -0.960. The number of nitrogens with one attached hydrogen (secondary N) is 2. The molecule has 2 saturated heterocycles. The molecular weight excluding hydrogens is 310 g/mol. The van der Waals surface area contributed by atoms with Crippen molar-refractivity contribution in [1.82, 2.24) is 14.9 Å². The molecule has 6 nitrogen and oxygen atoms in total. The smallest absolute Gasteiger partial charge is 0.253 e. The molecule has 1 unspecified atom stereocenters. The summed E-state index contributed by atoms with van der Waals surface area (Å²) in [4.78, 5) is 12.3. The number of thiophene rings is 1. The molecule has 2 aliphatic rings. The number of carbonyl (C=O) groups excluding carboxylic acids is 1. The second-order valence-electron chi connectivity index (χ2n) is 5.48. The van der Waals surface area contributed by atoms with Crippen LogP contribution in [0.5, 0.6) is 0 Å². The Labute approximate surface area is 128 Å². The van der Waals surface area contributed by atoms with E-state index >= 15 is 0 Å². The third-order valence-corrected chi connectivity index (χ3v) is 7.28. The van der Waals surface area contributed by atoms with E-state index < -0.39 is 16.1 Å². The van der Waals surface area contributed by atoms with E-state index in [1.54, 1.807) is 17.5 Å². The van der Waals surface area contributed by atoms with Crippen molar-refractivity contribution in [2.45, 2.75) is 23.1 Å². The van der Waals surface area contributed by atoms with Crippen LogP contribution in [0.2, 0.25) is 0 Å². The van der Waals surface area contributed by atoms with Crippen molar-refractivity contribution in [3.05, 3.63) is 17.5 Å². The van der Waals surface area contributed by atoms with Crippen LogP contribution in [0, 0.1) is 5.92 Å². The summed E-state index contributed by atoms with van der Waals surface area (Å²) in [6.45, 7) is 2.88. The first kappa shape index (κ1) is 15.0. The van der Waals surface area contributed by atoms with Crippen molar-refractivity contribution in [2.75, 3.05) is 26.2 Å². The molecule has 0 aromatic carbocycles. The van der Waals surface area contributed by atoms with Crippen molar-refractivity contribution in [3.8, 4) is 0 Å². The summed E-state index contributed by atoms with van der Waals surface area (Å²) in [7, 11) is -3.54. The first-order valence-corrected chi connectivity index (χ1v) is 9.45. The number of amides is 1. The van der Waals surface area contributed by atoms with E-state index in [1.807, 2.05) is 0 Å². The number of nitrogens with zero attached hydrogens (tertiary/aromatic N) is 1. The SMILES string of the molecule is O=C(NCC1CNC1)C1CCCN1S(=O)(=O)c1cccs1. The molecule has 2 fully saturated rings. The van der Waals surface area contributed by atoms with Crippen molar-refractivity contribution in [3.63, 3.8) is 0 Å². The minimum atomic E-state index is -3.54. The predicted octanol–water partition coefficient (Wildman–Crippen LogP) is 0.237. The summed E-state index contributed by atoms with van der Waals surface area (Å²) in [5, 5.41) is 7.78. The zero-order valence-electron chi connectivity index (χ0n) is 11.6. The summed E-state index contributed by atoms with van der Waals surface area (Å²) in [5.74, 6) is 0.303. The minimum Gasteiger partial charge on any atom is -0.354 e. The van der Waals surface area contributed by atoms with Crippen LogP contribution in [-0.2, 0) is 14.8 Å². The van der Waals surface area contributed by atoms with Gasteiger partial charge in [-0.3, -0.25) is 4.79 Å². The normalized spacial score (nSPS) is 23.9. The number of sulfonamides is 1. The Morgan fingerprint density at radius 3 is 2.90 bits per heavy atom. The van der Waals surface area contributed by atoms with Gasteiger partial charge in [0.1, 0.15) is 10.3 Å². The van der Waals surface area contributed by atoms with Crippen LogP contribution in [0.25, 0.3) is 0 Å². The van der Waals surface area contributed by atoms with Gasteiger partial charge in [0, 0.05) is 32.1 Å². The van der Waals surface area contributed by atoms with E-state index in [0.29, 0.717) is 29.6 Å². The van der Waals surface area contributed by atoms with Gasteiger partial charge in [0.15, 0.2) is 0 Å². The van der Waals surface area contributed by atoms with Gasteiger partial charge in [0.2, 0.25) is 5.91 Å². The maximum atomic E-state index is 12.6. The fourth-order valence-corrected chi connectivity index (χ4v) is 5.45. The second-order valence-corrected chi connectivity index (χ2v) is 8.54. The molecule has 0 radical (unpaired) electrons. The average molecular weight is 329 g/mol. The van der Waals surface area contributed by atoms with Crippen LogP contribution in [0.3, 0.4) is 0 Å². The molecule has 116 valence electrons. The van der Waals surface area contributed by atoms with E-state index in [0.717, 1.165) is 19.5 Å². The fourth-order valence-electron chi connectivity index (χ4n) is 2.67. The van der Waals surface area contributed by atoms with Crippen LogP contribution in [0.1, 0.15) is 12.8 Å². The Kier molecular flexibility index (Phi) is 4.30. The summed E-state index contributed by atoms with van der Waals surface area (Å²) in [6.07, 6.45) is 1.33. The molecule has 3 rings (SSSR count). The Bertz CT molecular complexity index is 596. The Morgan fingerprint density at radius 2 is 2.29 bits per heavy atom. The molecule has 3 heterocycles. The lowest BCUT2D eigenvalue weighted by molar-refractivity contribution is -0.124. The third kappa shape index (κ3) is 2.98. The number of hydrogen-bond donors (Lipinski definition) is 2. The van der Waals surface area contributed by atoms with Crippen molar-refractivity contribution in [1.29, 1.82) is 0 Å². The quantitative estimate of drug-likeness (QED) is 0.811. The van der Waals surface area contributed by atoms with Gasteiger partial charge in [0.25, 0.3) is 10.0 Å². The van der Waals surface area contributed by atoms with E-state index in [9.17, 15) is 13.2 Å². The zero-order chi connectivity index (χ0) is 14.9. The topological polar surface area (TPSA) is 78.5 Å². The minimum absolute atomic E-state index is 0.167. The zero-order valence-corrected chi connectivity index (χ0v) is 13.3. The summed E-state index contributed by atoms with van der Waals surface area (Å²) in [6, 6.07) is 2.74. The molecule has 1 aromatic rings. The lowest BCUT2D eigenvalue weighted by Gasteiger charge is -2.28. The summed E-state index contributed by atoms with van der Waals surface area (Å²) in [5.41, 5.74) is 0. The molecule has 2 N–H and O–H groups in total. The van der Waals surface area contributed by atoms with Crippen molar-refractivity contribution in [2.24, 2.45) is 5.92 Å². The predicted molar refractivity (Wildman–Crippen MR) is 80.6 cm³/mol. The molecule has 8 heteroatoms. The highest BCUT2D eigenvalue weighted by atomic mass is 32.2. The van der Waals surface area contributed by atoms with Crippen LogP contribution < -0.4 is 10.6 Å². The summed E-state index contributed by atoms with van der Waals surface area (Å²) < 4.78 is 26.8. The first-order valence-electron chi connectivity index (χ1n) is 7.13. The molecule has 0 saturated carbocycles. The van der Waals surface area contributed by atoms with Crippen LogP contribution in [0.15, 0.2) is 21.7 Å². The van der Waals surface area contributed by atoms with Gasteiger partial charge >= 0.3 is 0 Å². The Morgan fingerprint density at radius 1 is 1.48 bits per heavy atom. The molecule has 1 aromatic heterocycles. The van der Waals surface area contributed by atoms with Crippen LogP contribution >= 0.6 is 11.3 Å². The van der Waals surface area contributed by atoms with Gasteiger partial charge < -0.3 is 10.6 Å². The highest BCUT2D eigenvalue weighted by Gasteiger charge is 2.39. The second kappa shape index (κ2) is 6.04. The lowest BCUT2D eigenvalue weighted by atomic mass is 10.0. The summed E-state index contributed by atoms with van der Waals surface area (Å²) >= 11 is 1.19. The first-order chi connectivity index (χ1) is 10.1. The highest BCUT2D eigenvalue weighted by molar-refractivity contribution is 7.91. The largest absolute Gasteiger partial charge is 0.354 e. The van der Waals surface area contributed by atoms with Crippen LogP contribution in [-0.4, -0.2) is 50.9 Å². The van der Waals surface area contributed by atoms with E-state index in [-0.39, 0.29) is 5.91 Å². The van der Waals surface area contributed by atoms with Crippen molar-refractivity contribution < 1.29 is 13.2 Å². The molecule has 21 heavy (non-hydrogen) atoms. The van der Waals surface area contributed by atoms with Gasteiger partial charge in [-0.25, -0.2) is 8.42 Å². The number of rotatable bonds is 5. The molecule has 1 amide bonds. The molecule has 1 atom stereocenters. The van der Waals surface area contributed by atoms with Gasteiger partial charge in [-0.15, -0.1) is 11.3 Å². The molecule has 2 aliphatic heterocycles. The van der Waals surface area contributed by atoms with Crippen molar-refractivity contribution >= 4 is 27.3 Å². The molecule has 0 bridgehead atoms. The highest BCUT2D eigenvalue weighted by Crippen LogP contribution is 2.28. The lowest BCUT2D eigenvalue weighted by Crippen LogP contribution is -2.51. The number of hydrogen-bond acceptors (Lipinski definition) is 5. The van der Waals surface area contributed by atoms with Gasteiger partial charge in [-0.1, -0.05) is 6.07 Å². The monoisotopic (exact) mass is 329 g/mol. The van der Waals surface area contributed by atoms with Gasteiger partial charge in [-0.2, -0.15) is 4.31 Å². The van der Waals surface area contributed by atoms with Gasteiger partial charge in [-0.05, 0) is 24.3 Å². The Balaban J connectivity index is 1.68. The van der Waals surface area contributed by atoms with Crippen LogP contribution in [0.4, 0.5) is 0 Å². The molecular formula is C13H19N3O3S2. The fraction of sp³-hybridized carbons (Fsp3) is 0.615. The molecule has 0 aliphatic carbocycles. The number of carbonyl (C=O) groups is 1. The standard InChI is InChI=1S/C13H19N3O3S2/c17-13(15-9-10-7-14-8-10)11-3-1-5-16(11)21(18,19)12-4-2-6-20-12/h2,4,6,10-11,14H,1,3,5,7-9H2,(H,15,17). The van der Waals surface area contributed by atoms with E-state index in [4.69, 9.17) is 0 Å². The maximum Gasteiger partial charge on any atom is 0.253 e. The maximum absolute atomic E-state index is 12.6. The van der Waals surface area contributed by atoms with E-state index in [1.165, 1.54) is 15.6 Å². The molecule has 0 spiro atoms. The average Bonchev–Trinajstić information content (AvgIpc) is 3.08. The van der Waals surface area contributed by atoms with Gasteiger partial charge in [0.05, 0.1) is 0 Å².